The molecule has 0 radical (unpaired) electrons. The van der Waals surface area contributed by atoms with Gasteiger partial charge < -0.3 is 10.4 Å². The number of benzene rings is 1. The predicted octanol–water partition coefficient (Wildman–Crippen LogP) is 2.80. The Labute approximate surface area is 120 Å². The molecule has 1 atom stereocenters. The molecule has 1 rings (SSSR count). The molecule has 0 aliphatic heterocycles. The molecule has 1 aromatic rings. The Morgan fingerprint density at radius 3 is 2.47 bits per heavy atom. The van der Waals surface area contributed by atoms with Gasteiger partial charge in [-0.05, 0) is 37.0 Å². The fourth-order valence-electron chi connectivity index (χ4n) is 1.48. The fraction of sp³-hybridized carbons (Fsp3) is 0.533. The molecule has 0 saturated carbocycles. The van der Waals surface area contributed by atoms with Crippen LogP contribution < -0.4 is 5.32 Å². The summed E-state index contributed by atoms with van der Waals surface area (Å²) < 4.78 is 0. The van der Waals surface area contributed by atoms with Crippen LogP contribution in [0.1, 0.15) is 32.8 Å². The standard InChI is InChI=1S/C15H22ClNO2/c1-11(2)15(3,19)10-17-14(18)9-6-12-4-7-13(16)8-5-12/h4-5,7-8,11,19H,6,9-10H2,1-3H3,(H,17,18). The highest BCUT2D eigenvalue weighted by Gasteiger charge is 2.25. The SMILES string of the molecule is CC(C)C(C)(O)CNC(=O)CCc1ccc(Cl)cc1. The topological polar surface area (TPSA) is 49.3 Å². The summed E-state index contributed by atoms with van der Waals surface area (Å²) in [7, 11) is 0. The second-order valence-corrected chi connectivity index (χ2v) is 5.85. The van der Waals surface area contributed by atoms with Crippen LogP contribution in [0.15, 0.2) is 24.3 Å². The van der Waals surface area contributed by atoms with Gasteiger partial charge in [0, 0.05) is 18.0 Å². The molecule has 0 bridgehead atoms. The van der Waals surface area contributed by atoms with E-state index in [2.05, 4.69) is 5.32 Å². The first kappa shape index (κ1) is 16.0. The molecule has 0 fully saturated rings. The van der Waals surface area contributed by atoms with E-state index in [1.165, 1.54) is 0 Å². The summed E-state index contributed by atoms with van der Waals surface area (Å²) in [5.41, 5.74) is 0.214. The van der Waals surface area contributed by atoms with E-state index < -0.39 is 5.60 Å². The molecule has 0 aliphatic carbocycles. The van der Waals surface area contributed by atoms with Crippen molar-refractivity contribution < 1.29 is 9.90 Å². The van der Waals surface area contributed by atoms with Crippen molar-refractivity contribution in [1.82, 2.24) is 5.32 Å². The number of hydrogen-bond donors (Lipinski definition) is 2. The van der Waals surface area contributed by atoms with E-state index in [9.17, 15) is 9.90 Å². The van der Waals surface area contributed by atoms with Crippen molar-refractivity contribution in [2.45, 2.75) is 39.2 Å². The van der Waals surface area contributed by atoms with Gasteiger partial charge in [0.2, 0.25) is 5.91 Å². The fourth-order valence-corrected chi connectivity index (χ4v) is 1.60. The van der Waals surface area contributed by atoms with Crippen molar-refractivity contribution in [3.63, 3.8) is 0 Å². The highest BCUT2D eigenvalue weighted by molar-refractivity contribution is 6.30. The van der Waals surface area contributed by atoms with E-state index in [1.807, 2.05) is 38.1 Å². The van der Waals surface area contributed by atoms with Gasteiger partial charge in [-0.15, -0.1) is 0 Å². The quantitative estimate of drug-likeness (QED) is 0.843. The summed E-state index contributed by atoms with van der Waals surface area (Å²) in [4.78, 5) is 11.7. The number of aliphatic hydroxyl groups is 1. The lowest BCUT2D eigenvalue weighted by molar-refractivity contribution is -0.122. The molecule has 4 heteroatoms. The first-order chi connectivity index (χ1) is 8.81. The third-order valence-corrected chi connectivity index (χ3v) is 3.69. The Balaban J connectivity index is 2.34. The maximum Gasteiger partial charge on any atom is 0.220 e. The Morgan fingerprint density at radius 2 is 1.95 bits per heavy atom. The van der Waals surface area contributed by atoms with Gasteiger partial charge in [-0.3, -0.25) is 4.79 Å². The zero-order valence-electron chi connectivity index (χ0n) is 11.7. The van der Waals surface area contributed by atoms with Crippen LogP contribution in [-0.2, 0) is 11.2 Å². The van der Waals surface area contributed by atoms with Gasteiger partial charge in [0.15, 0.2) is 0 Å². The highest BCUT2D eigenvalue weighted by Crippen LogP contribution is 2.14. The Bertz CT molecular complexity index is 413. The Morgan fingerprint density at radius 1 is 1.37 bits per heavy atom. The lowest BCUT2D eigenvalue weighted by Crippen LogP contribution is -2.44. The van der Waals surface area contributed by atoms with E-state index in [-0.39, 0.29) is 18.4 Å². The van der Waals surface area contributed by atoms with Crippen molar-refractivity contribution in [3.05, 3.63) is 34.9 Å². The van der Waals surface area contributed by atoms with E-state index in [4.69, 9.17) is 11.6 Å². The van der Waals surface area contributed by atoms with Gasteiger partial charge in [0.25, 0.3) is 0 Å². The normalized spacial score (nSPS) is 14.2. The number of halogens is 1. The molecule has 0 aliphatic rings. The summed E-state index contributed by atoms with van der Waals surface area (Å²) in [6.45, 7) is 5.88. The van der Waals surface area contributed by atoms with E-state index in [1.54, 1.807) is 6.92 Å². The van der Waals surface area contributed by atoms with Crippen molar-refractivity contribution in [2.75, 3.05) is 6.54 Å². The number of carbonyl (C=O) groups is 1. The zero-order chi connectivity index (χ0) is 14.5. The Hall–Kier alpha value is -1.06. The van der Waals surface area contributed by atoms with Crippen LogP contribution in [0, 0.1) is 5.92 Å². The molecule has 19 heavy (non-hydrogen) atoms. The molecule has 0 saturated heterocycles. The summed E-state index contributed by atoms with van der Waals surface area (Å²) in [6, 6.07) is 7.47. The van der Waals surface area contributed by atoms with E-state index >= 15 is 0 Å². The number of amides is 1. The monoisotopic (exact) mass is 283 g/mol. The molecule has 3 nitrogen and oxygen atoms in total. The van der Waals surface area contributed by atoms with Crippen LogP contribution in [0.3, 0.4) is 0 Å². The number of nitrogens with one attached hydrogen (secondary N) is 1. The molecular formula is C15H22ClNO2. The van der Waals surface area contributed by atoms with Crippen LogP contribution in [0.5, 0.6) is 0 Å². The summed E-state index contributed by atoms with van der Waals surface area (Å²) >= 11 is 5.80. The molecule has 0 heterocycles. The number of carbonyl (C=O) groups excluding carboxylic acids is 1. The minimum Gasteiger partial charge on any atom is -0.388 e. The van der Waals surface area contributed by atoms with Crippen LogP contribution in [0.2, 0.25) is 5.02 Å². The minimum absolute atomic E-state index is 0.0455. The van der Waals surface area contributed by atoms with Gasteiger partial charge in [0.1, 0.15) is 0 Å². The van der Waals surface area contributed by atoms with E-state index in [0.717, 1.165) is 5.56 Å². The third kappa shape index (κ3) is 5.62. The highest BCUT2D eigenvalue weighted by atomic mass is 35.5. The zero-order valence-corrected chi connectivity index (χ0v) is 12.5. The number of rotatable bonds is 6. The van der Waals surface area contributed by atoms with Gasteiger partial charge in [-0.2, -0.15) is 0 Å². The van der Waals surface area contributed by atoms with E-state index in [0.29, 0.717) is 17.9 Å². The molecule has 1 unspecified atom stereocenters. The first-order valence-corrected chi connectivity index (χ1v) is 6.92. The van der Waals surface area contributed by atoms with Crippen molar-refractivity contribution in [3.8, 4) is 0 Å². The average molecular weight is 284 g/mol. The molecule has 0 aromatic heterocycles. The second-order valence-electron chi connectivity index (χ2n) is 5.42. The molecule has 0 spiro atoms. The molecule has 2 N–H and O–H groups in total. The summed E-state index contributed by atoms with van der Waals surface area (Å²) in [5.74, 6) is 0.0555. The molecule has 1 aromatic carbocycles. The third-order valence-electron chi connectivity index (χ3n) is 3.44. The largest absolute Gasteiger partial charge is 0.388 e. The summed E-state index contributed by atoms with van der Waals surface area (Å²) in [6.07, 6.45) is 1.09. The van der Waals surface area contributed by atoms with Crippen LogP contribution >= 0.6 is 11.6 Å². The number of hydrogen-bond acceptors (Lipinski definition) is 2. The number of aryl methyl sites for hydroxylation is 1. The smallest absolute Gasteiger partial charge is 0.220 e. The average Bonchev–Trinajstić information content (AvgIpc) is 2.35. The van der Waals surface area contributed by atoms with Crippen LogP contribution in [0.25, 0.3) is 0 Å². The lowest BCUT2D eigenvalue weighted by atomic mass is 9.92. The van der Waals surface area contributed by atoms with Gasteiger partial charge in [-0.1, -0.05) is 37.6 Å². The van der Waals surface area contributed by atoms with Crippen LogP contribution in [0.4, 0.5) is 0 Å². The van der Waals surface area contributed by atoms with Gasteiger partial charge in [0.05, 0.1) is 5.60 Å². The maximum absolute atomic E-state index is 11.7. The van der Waals surface area contributed by atoms with Crippen LogP contribution in [-0.4, -0.2) is 23.2 Å². The predicted molar refractivity (Wildman–Crippen MR) is 78.2 cm³/mol. The minimum atomic E-state index is -0.865. The van der Waals surface area contributed by atoms with Crippen molar-refractivity contribution in [2.24, 2.45) is 5.92 Å². The maximum atomic E-state index is 11.7. The summed E-state index contributed by atoms with van der Waals surface area (Å²) in [5, 5.41) is 13.5. The molecule has 1 amide bonds. The van der Waals surface area contributed by atoms with Crippen molar-refractivity contribution in [1.29, 1.82) is 0 Å². The molecule has 106 valence electrons. The van der Waals surface area contributed by atoms with Gasteiger partial charge in [-0.25, -0.2) is 0 Å². The second kappa shape index (κ2) is 6.92. The Kier molecular flexibility index (Phi) is 5.83. The van der Waals surface area contributed by atoms with Crippen molar-refractivity contribution >= 4 is 17.5 Å². The molecular weight excluding hydrogens is 262 g/mol. The first-order valence-electron chi connectivity index (χ1n) is 6.55. The van der Waals surface area contributed by atoms with Gasteiger partial charge >= 0.3 is 0 Å². The lowest BCUT2D eigenvalue weighted by Gasteiger charge is -2.27.